The Hall–Kier alpha value is -0.835. The number of benzene rings is 1. The summed E-state index contributed by atoms with van der Waals surface area (Å²) < 4.78 is 0. The molecule has 0 heterocycles. The van der Waals surface area contributed by atoms with E-state index in [1.807, 2.05) is 13.8 Å². The van der Waals surface area contributed by atoms with Crippen LogP contribution in [0.2, 0.25) is 0 Å². The van der Waals surface area contributed by atoms with Crippen molar-refractivity contribution in [3.63, 3.8) is 0 Å². The van der Waals surface area contributed by atoms with E-state index in [1.165, 1.54) is 0 Å². The lowest BCUT2D eigenvalue weighted by Crippen LogP contribution is -2.29. The van der Waals surface area contributed by atoms with E-state index in [0.717, 1.165) is 5.56 Å². The number of nitrogens with two attached hydrogens (primary N) is 1. The van der Waals surface area contributed by atoms with Gasteiger partial charge in [0, 0.05) is 6.54 Å². The molecule has 4 N–H and O–H groups in total. The molecule has 3 nitrogen and oxygen atoms in total. The van der Waals surface area contributed by atoms with Crippen molar-refractivity contribution < 1.29 is 10.0 Å². The van der Waals surface area contributed by atoms with Gasteiger partial charge in [0.1, 0.15) is 0 Å². The summed E-state index contributed by atoms with van der Waals surface area (Å²) >= 11 is 0. The van der Waals surface area contributed by atoms with Crippen molar-refractivity contribution in [1.29, 1.82) is 0 Å². The van der Waals surface area contributed by atoms with Gasteiger partial charge in [0.2, 0.25) is 0 Å². The smallest absolute Gasteiger partial charge is 0.423 e. The van der Waals surface area contributed by atoms with Gasteiger partial charge in [-0.05, 0) is 11.0 Å². The Morgan fingerprint density at radius 1 is 1.15 bits per heavy atom. The largest absolute Gasteiger partial charge is 0.488 e. The standard InChI is InChI=1S/C7H10BNO2.C2H6/c9-5-6-1-3-7(4-2-6)8(10)11;1-2/h1-4,10-11H,5,9H2;1-2H3. The lowest BCUT2D eigenvalue weighted by molar-refractivity contribution is 0.426. The van der Waals surface area contributed by atoms with Gasteiger partial charge in [-0.1, -0.05) is 38.1 Å². The van der Waals surface area contributed by atoms with E-state index in [-0.39, 0.29) is 0 Å². The quantitative estimate of drug-likeness (QED) is 0.556. The van der Waals surface area contributed by atoms with Gasteiger partial charge in [0.25, 0.3) is 0 Å². The fourth-order valence-corrected chi connectivity index (χ4v) is 0.826. The molecule has 0 aliphatic carbocycles. The minimum absolute atomic E-state index is 0.474. The van der Waals surface area contributed by atoms with Crippen LogP contribution in [-0.2, 0) is 6.54 Å². The minimum atomic E-state index is -1.39. The Morgan fingerprint density at radius 2 is 1.62 bits per heavy atom. The molecular formula is C9H16BNO2. The maximum atomic E-state index is 8.71. The molecule has 72 valence electrons. The van der Waals surface area contributed by atoms with Crippen molar-refractivity contribution in [2.75, 3.05) is 0 Å². The first-order valence-corrected chi connectivity index (χ1v) is 4.39. The summed E-state index contributed by atoms with van der Waals surface area (Å²) in [6, 6.07) is 6.84. The van der Waals surface area contributed by atoms with Gasteiger partial charge in [-0.25, -0.2) is 0 Å². The van der Waals surface area contributed by atoms with Crippen molar-refractivity contribution in [2.24, 2.45) is 5.73 Å². The summed E-state index contributed by atoms with van der Waals surface area (Å²) in [4.78, 5) is 0. The summed E-state index contributed by atoms with van der Waals surface area (Å²) in [5.41, 5.74) is 6.82. The Balaban J connectivity index is 0.000000671. The Morgan fingerprint density at radius 3 is 1.92 bits per heavy atom. The summed E-state index contributed by atoms with van der Waals surface area (Å²) in [5, 5.41) is 17.4. The van der Waals surface area contributed by atoms with Crippen LogP contribution in [0.25, 0.3) is 0 Å². The van der Waals surface area contributed by atoms with Crippen molar-refractivity contribution in [3.05, 3.63) is 29.8 Å². The van der Waals surface area contributed by atoms with Gasteiger partial charge in [0.15, 0.2) is 0 Å². The second kappa shape index (κ2) is 6.66. The highest BCUT2D eigenvalue weighted by Gasteiger charge is 2.08. The highest BCUT2D eigenvalue weighted by atomic mass is 16.4. The fraction of sp³-hybridized carbons (Fsp3) is 0.333. The SMILES string of the molecule is CC.NCc1ccc(B(O)O)cc1. The van der Waals surface area contributed by atoms with Crippen LogP contribution in [-0.4, -0.2) is 17.2 Å². The van der Waals surface area contributed by atoms with Crippen molar-refractivity contribution >= 4 is 12.6 Å². The molecule has 0 saturated heterocycles. The number of hydrogen-bond acceptors (Lipinski definition) is 3. The lowest BCUT2D eigenvalue weighted by Gasteiger charge is -1.99. The lowest BCUT2D eigenvalue weighted by atomic mass is 9.80. The van der Waals surface area contributed by atoms with Crippen LogP contribution in [0.15, 0.2) is 24.3 Å². The van der Waals surface area contributed by atoms with E-state index in [9.17, 15) is 0 Å². The molecule has 1 aromatic carbocycles. The van der Waals surface area contributed by atoms with Gasteiger partial charge in [-0.15, -0.1) is 0 Å². The summed E-state index contributed by atoms with van der Waals surface area (Å²) in [6.07, 6.45) is 0. The second-order valence-electron chi connectivity index (χ2n) is 2.32. The predicted molar refractivity (Wildman–Crippen MR) is 55.5 cm³/mol. The maximum Gasteiger partial charge on any atom is 0.488 e. The van der Waals surface area contributed by atoms with Crippen LogP contribution in [0.3, 0.4) is 0 Å². The van der Waals surface area contributed by atoms with Crippen LogP contribution in [0.5, 0.6) is 0 Å². The van der Waals surface area contributed by atoms with Crippen LogP contribution in [0.1, 0.15) is 19.4 Å². The topological polar surface area (TPSA) is 66.5 Å². The van der Waals surface area contributed by atoms with Gasteiger partial charge < -0.3 is 15.8 Å². The first kappa shape index (κ1) is 12.2. The molecule has 0 aliphatic rings. The third-order valence-electron chi connectivity index (χ3n) is 1.51. The molecule has 4 heteroatoms. The first-order chi connectivity index (χ1) is 6.24. The van der Waals surface area contributed by atoms with E-state index in [1.54, 1.807) is 24.3 Å². The highest BCUT2D eigenvalue weighted by Crippen LogP contribution is 1.94. The Labute approximate surface area is 79.4 Å². The molecule has 0 amide bonds. The number of hydrogen-bond donors (Lipinski definition) is 3. The van der Waals surface area contributed by atoms with Crippen LogP contribution in [0, 0.1) is 0 Å². The van der Waals surface area contributed by atoms with Gasteiger partial charge in [-0.3, -0.25) is 0 Å². The van der Waals surface area contributed by atoms with Gasteiger partial charge in [-0.2, -0.15) is 0 Å². The third kappa shape index (κ3) is 4.08. The fourth-order valence-electron chi connectivity index (χ4n) is 0.826. The van der Waals surface area contributed by atoms with Crippen molar-refractivity contribution in [1.82, 2.24) is 0 Å². The van der Waals surface area contributed by atoms with Crippen molar-refractivity contribution in [3.8, 4) is 0 Å². The molecule has 0 aliphatic heterocycles. The van der Waals surface area contributed by atoms with E-state index in [0.29, 0.717) is 12.0 Å². The summed E-state index contributed by atoms with van der Waals surface area (Å²) in [5.74, 6) is 0. The van der Waals surface area contributed by atoms with Gasteiger partial charge >= 0.3 is 7.12 Å². The molecule has 13 heavy (non-hydrogen) atoms. The van der Waals surface area contributed by atoms with Crippen molar-refractivity contribution in [2.45, 2.75) is 20.4 Å². The Kier molecular flexibility index (Phi) is 6.23. The molecule has 0 fully saturated rings. The summed E-state index contributed by atoms with van der Waals surface area (Å²) in [7, 11) is -1.39. The molecule has 1 rings (SSSR count). The molecule has 0 atom stereocenters. The molecule has 0 saturated carbocycles. The molecule has 1 aromatic rings. The molecule has 0 unspecified atom stereocenters. The van der Waals surface area contributed by atoms with Crippen LogP contribution in [0.4, 0.5) is 0 Å². The first-order valence-electron chi connectivity index (χ1n) is 4.39. The van der Waals surface area contributed by atoms with Crippen LogP contribution < -0.4 is 11.2 Å². The predicted octanol–water partition coefficient (Wildman–Crippen LogP) is -0.149. The monoisotopic (exact) mass is 181 g/mol. The zero-order chi connectivity index (χ0) is 10.3. The molecule has 0 bridgehead atoms. The zero-order valence-corrected chi connectivity index (χ0v) is 8.07. The normalized spacial score (nSPS) is 8.69. The third-order valence-corrected chi connectivity index (χ3v) is 1.51. The molecular weight excluding hydrogens is 165 g/mol. The number of rotatable bonds is 2. The Bertz CT molecular complexity index is 224. The average molecular weight is 181 g/mol. The van der Waals surface area contributed by atoms with E-state index in [4.69, 9.17) is 15.8 Å². The van der Waals surface area contributed by atoms with Crippen LogP contribution >= 0.6 is 0 Å². The second-order valence-corrected chi connectivity index (χ2v) is 2.32. The van der Waals surface area contributed by atoms with Gasteiger partial charge in [0.05, 0.1) is 0 Å². The molecule has 0 aromatic heterocycles. The highest BCUT2D eigenvalue weighted by molar-refractivity contribution is 6.58. The summed E-state index contributed by atoms with van der Waals surface area (Å²) in [6.45, 7) is 4.47. The van der Waals surface area contributed by atoms with E-state index < -0.39 is 7.12 Å². The average Bonchev–Trinajstić information content (AvgIpc) is 2.21. The maximum absolute atomic E-state index is 8.71. The minimum Gasteiger partial charge on any atom is -0.423 e. The van der Waals surface area contributed by atoms with E-state index in [2.05, 4.69) is 0 Å². The zero-order valence-electron chi connectivity index (χ0n) is 8.07. The molecule has 0 spiro atoms. The van der Waals surface area contributed by atoms with E-state index >= 15 is 0 Å². The molecule has 0 radical (unpaired) electrons.